The van der Waals surface area contributed by atoms with Gasteiger partial charge in [0.25, 0.3) is 0 Å². The second kappa shape index (κ2) is 7.97. The van der Waals surface area contributed by atoms with Gasteiger partial charge in [-0.15, -0.1) is 11.8 Å². The number of hydrogen-bond donors (Lipinski definition) is 1. The van der Waals surface area contributed by atoms with Crippen molar-refractivity contribution in [2.45, 2.75) is 37.8 Å². The number of carbonyl (C=O) groups is 1. The molecule has 1 atom stereocenters. The number of ketones is 1. The van der Waals surface area contributed by atoms with Crippen molar-refractivity contribution in [1.29, 1.82) is 0 Å². The average Bonchev–Trinajstić information content (AvgIpc) is 2.65. The highest BCUT2D eigenvalue weighted by atomic mass is 32.2. The van der Waals surface area contributed by atoms with E-state index in [-0.39, 0.29) is 6.04 Å². The van der Waals surface area contributed by atoms with E-state index < -0.39 is 0 Å². The van der Waals surface area contributed by atoms with Gasteiger partial charge in [0.15, 0.2) is 5.78 Å². The van der Waals surface area contributed by atoms with Gasteiger partial charge in [0, 0.05) is 23.7 Å². The SMILES string of the molecule is CN[C@@H](CC(C)C)C(=O)CN1CCSc2ccccc2C1. The topological polar surface area (TPSA) is 32.3 Å². The van der Waals surface area contributed by atoms with E-state index in [0.717, 1.165) is 25.3 Å². The first-order valence-electron chi connectivity index (χ1n) is 7.73. The molecule has 1 aliphatic rings. The number of Topliss-reactive ketones (excluding diaryl/α,β-unsaturated/α-hetero) is 1. The third-order valence-corrected chi connectivity index (χ3v) is 4.95. The lowest BCUT2D eigenvalue weighted by atomic mass is 10.00. The summed E-state index contributed by atoms with van der Waals surface area (Å²) in [5, 5.41) is 3.18. The van der Waals surface area contributed by atoms with Crippen LogP contribution < -0.4 is 5.32 Å². The van der Waals surface area contributed by atoms with E-state index in [4.69, 9.17) is 0 Å². The zero-order valence-electron chi connectivity index (χ0n) is 13.3. The highest BCUT2D eigenvalue weighted by Gasteiger charge is 2.22. The van der Waals surface area contributed by atoms with E-state index in [0.29, 0.717) is 18.2 Å². The van der Waals surface area contributed by atoms with Gasteiger partial charge in [-0.2, -0.15) is 0 Å². The lowest BCUT2D eigenvalue weighted by Crippen LogP contribution is -2.42. The Balaban J connectivity index is 1.98. The van der Waals surface area contributed by atoms with Gasteiger partial charge in [-0.25, -0.2) is 0 Å². The molecule has 1 heterocycles. The van der Waals surface area contributed by atoms with Crippen LogP contribution >= 0.6 is 11.8 Å². The summed E-state index contributed by atoms with van der Waals surface area (Å²) in [5.74, 6) is 1.90. The number of likely N-dealkylation sites (N-methyl/N-ethyl adjacent to an activating group) is 1. The highest BCUT2D eigenvalue weighted by molar-refractivity contribution is 7.99. The first-order chi connectivity index (χ1) is 10.1. The molecule has 0 saturated carbocycles. The van der Waals surface area contributed by atoms with Gasteiger partial charge in [-0.1, -0.05) is 32.0 Å². The second-order valence-corrected chi connectivity index (χ2v) is 7.24. The molecule has 0 unspecified atom stereocenters. The average molecular weight is 306 g/mol. The Morgan fingerprint density at radius 3 is 2.86 bits per heavy atom. The zero-order valence-corrected chi connectivity index (χ0v) is 14.1. The maximum atomic E-state index is 12.5. The summed E-state index contributed by atoms with van der Waals surface area (Å²) in [6, 6.07) is 8.51. The molecule has 4 heteroatoms. The summed E-state index contributed by atoms with van der Waals surface area (Å²) in [6.45, 7) is 6.73. The van der Waals surface area contributed by atoms with Gasteiger partial charge in [-0.05, 0) is 31.0 Å². The Morgan fingerprint density at radius 2 is 2.14 bits per heavy atom. The third-order valence-electron chi connectivity index (χ3n) is 3.86. The van der Waals surface area contributed by atoms with Crippen molar-refractivity contribution < 1.29 is 4.79 Å². The summed E-state index contributed by atoms with van der Waals surface area (Å²) in [4.78, 5) is 16.1. The Hall–Kier alpha value is -0.840. The molecule has 0 bridgehead atoms. The summed E-state index contributed by atoms with van der Waals surface area (Å²) >= 11 is 1.90. The molecule has 1 aliphatic heterocycles. The predicted molar refractivity (Wildman–Crippen MR) is 89.8 cm³/mol. The number of nitrogens with one attached hydrogen (secondary N) is 1. The van der Waals surface area contributed by atoms with E-state index in [1.807, 2.05) is 18.8 Å². The quantitative estimate of drug-likeness (QED) is 0.876. The fraction of sp³-hybridized carbons (Fsp3) is 0.588. The Morgan fingerprint density at radius 1 is 1.38 bits per heavy atom. The fourth-order valence-corrected chi connectivity index (χ4v) is 3.79. The molecule has 0 radical (unpaired) electrons. The summed E-state index contributed by atoms with van der Waals surface area (Å²) < 4.78 is 0. The fourth-order valence-electron chi connectivity index (χ4n) is 2.73. The minimum atomic E-state index is -0.0175. The molecule has 21 heavy (non-hydrogen) atoms. The molecule has 1 aromatic carbocycles. The number of rotatable bonds is 6. The molecule has 0 saturated heterocycles. The van der Waals surface area contributed by atoms with Crippen LogP contribution in [0.5, 0.6) is 0 Å². The second-order valence-electron chi connectivity index (χ2n) is 6.10. The molecule has 116 valence electrons. The Bertz CT molecular complexity index is 476. The van der Waals surface area contributed by atoms with Crippen LogP contribution in [0.1, 0.15) is 25.8 Å². The number of benzene rings is 1. The molecule has 0 amide bonds. The van der Waals surface area contributed by atoms with Gasteiger partial charge in [0.2, 0.25) is 0 Å². The molecular weight excluding hydrogens is 280 g/mol. The Labute approximate surface area is 132 Å². The Kier molecular flexibility index (Phi) is 6.27. The molecule has 2 rings (SSSR count). The molecule has 0 aliphatic carbocycles. The van der Waals surface area contributed by atoms with Crippen molar-refractivity contribution in [3.63, 3.8) is 0 Å². The number of thioether (sulfide) groups is 1. The zero-order chi connectivity index (χ0) is 15.2. The summed E-state index contributed by atoms with van der Waals surface area (Å²) in [6.07, 6.45) is 0.911. The van der Waals surface area contributed by atoms with Crippen molar-refractivity contribution in [1.82, 2.24) is 10.2 Å². The molecule has 3 nitrogen and oxygen atoms in total. The molecule has 1 aromatic rings. The highest BCUT2D eigenvalue weighted by Crippen LogP contribution is 2.27. The van der Waals surface area contributed by atoms with E-state index in [1.54, 1.807) is 0 Å². The summed E-state index contributed by atoms with van der Waals surface area (Å²) in [5.41, 5.74) is 1.35. The molecular formula is C17H26N2OS. The number of carbonyl (C=O) groups excluding carboxylic acids is 1. The van der Waals surface area contributed by atoms with E-state index in [2.05, 4.69) is 48.3 Å². The molecule has 0 aromatic heterocycles. The number of nitrogens with zero attached hydrogens (tertiary/aromatic N) is 1. The van der Waals surface area contributed by atoms with Crippen LogP contribution in [0.25, 0.3) is 0 Å². The minimum absolute atomic E-state index is 0.0175. The van der Waals surface area contributed by atoms with Crippen molar-refractivity contribution in [2.24, 2.45) is 5.92 Å². The van der Waals surface area contributed by atoms with E-state index in [1.165, 1.54) is 10.5 Å². The molecule has 0 fully saturated rings. The van der Waals surface area contributed by atoms with Crippen LogP contribution in [0, 0.1) is 5.92 Å². The van der Waals surface area contributed by atoms with Crippen LogP contribution in [0.2, 0.25) is 0 Å². The van der Waals surface area contributed by atoms with Crippen molar-refractivity contribution >= 4 is 17.5 Å². The number of fused-ring (bicyclic) bond motifs is 1. The van der Waals surface area contributed by atoms with Crippen LogP contribution in [-0.4, -0.2) is 42.6 Å². The lowest BCUT2D eigenvalue weighted by Gasteiger charge is -2.23. The monoisotopic (exact) mass is 306 g/mol. The maximum Gasteiger partial charge on any atom is 0.163 e. The normalized spacial score (nSPS) is 17.3. The van der Waals surface area contributed by atoms with Crippen LogP contribution in [-0.2, 0) is 11.3 Å². The first kappa shape index (κ1) is 16.5. The third kappa shape index (κ3) is 4.83. The number of hydrogen-bond acceptors (Lipinski definition) is 4. The standard InChI is InChI=1S/C17H26N2OS/c1-13(2)10-15(18-3)16(20)12-19-8-9-21-17-7-5-4-6-14(17)11-19/h4-7,13,15,18H,8-12H2,1-3H3/t15-/m0/s1. The van der Waals surface area contributed by atoms with Crippen molar-refractivity contribution in [2.75, 3.05) is 25.9 Å². The van der Waals surface area contributed by atoms with Crippen LogP contribution in [0.4, 0.5) is 0 Å². The smallest absolute Gasteiger partial charge is 0.163 e. The van der Waals surface area contributed by atoms with Crippen LogP contribution in [0.3, 0.4) is 0 Å². The first-order valence-corrected chi connectivity index (χ1v) is 8.71. The molecule has 1 N–H and O–H groups in total. The molecule has 0 spiro atoms. The van der Waals surface area contributed by atoms with Gasteiger partial charge in [-0.3, -0.25) is 9.69 Å². The predicted octanol–water partition coefficient (Wildman–Crippen LogP) is 2.80. The largest absolute Gasteiger partial charge is 0.310 e. The minimum Gasteiger partial charge on any atom is -0.310 e. The van der Waals surface area contributed by atoms with Gasteiger partial charge in [0.05, 0.1) is 12.6 Å². The van der Waals surface area contributed by atoms with E-state index >= 15 is 0 Å². The summed E-state index contributed by atoms with van der Waals surface area (Å²) in [7, 11) is 1.89. The lowest BCUT2D eigenvalue weighted by molar-refractivity contribution is -0.122. The van der Waals surface area contributed by atoms with Gasteiger partial charge in [0.1, 0.15) is 0 Å². The van der Waals surface area contributed by atoms with E-state index in [9.17, 15) is 4.79 Å². The van der Waals surface area contributed by atoms with Crippen molar-refractivity contribution in [3.8, 4) is 0 Å². The van der Waals surface area contributed by atoms with Crippen LogP contribution in [0.15, 0.2) is 29.2 Å². The maximum absolute atomic E-state index is 12.5. The van der Waals surface area contributed by atoms with Gasteiger partial charge < -0.3 is 5.32 Å². The van der Waals surface area contributed by atoms with Crippen molar-refractivity contribution in [3.05, 3.63) is 29.8 Å². The van der Waals surface area contributed by atoms with Gasteiger partial charge >= 0.3 is 0 Å².